The van der Waals surface area contributed by atoms with Crippen molar-refractivity contribution in [3.05, 3.63) is 36.1 Å². The van der Waals surface area contributed by atoms with E-state index in [4.69, 9.17) is 10.6 Å². The fourth-order valence-electron chi connectivity index (χ4n) is 1.49. The van der Waals surface area contributed by atoms with Crippen LogP contribution in [-0.2, 0) is 6.42 Å². The molecular formula is C13H15NO2. The number of aryl methyl sites for hydroxylation is 1. The zero-order valence-corrected chi connectivity index (χ0v) is 9.49. The Morgan fingerprint density at radius 2 is 2.12 bits per heavy atom. The van der Waals surface area contributed by atoms with Crippen LogP contribution in [0.4, 0.5) is 0 Å². The molecule has 0 aliphatic carbocycles. The van der Waals surface area contributed by atoms with Crippen LogP contribution < -0.4 is 4.74 Å². The molecule has 84 valence electrons. The van der Waals surface area contributed by atoms with Crippen molar-refractivity contribution in [1.82, 2.24) is 5.16 Å². The summed E-state index contributed by atoms with van der Waals surface area (Å²) in [6.45, 7) is 2.05. The summed E-state index contributed by atoms with van der Waals surface area (Å²) in [7, 11) is 1.63. The Labute approximate surface area is 96.4 Å². The lowest BCUT2D eigenvalue weighted by Crippen LogP contribution is -1.82. The number of ether oxygens (including phenoxy) is 1. The number of aromatic nitrogens is 1. The molecule has 0 bridgehead atoms. The van der Waals surface area contributed by atoms with Crippen LogP contribution in [0, 0.1) is 0 Å². The summed E-state index contributed by atoms with van der Waals surface area (Å²) in [5, 5.41) is 3.96. The molecule has 0 atom stereocenters. The van der Waals surface area contributed by atoms with Crippen molar-refractivity contribution in [1.29, 1.82) is 0 Å². The molecule has 0 radical (unpaired) electrons. The fourth-order valence-corrected chi connectivity index (χ4v) is 1.49. The lowest BCUT2D eigenvalue weighted by molar-refractivity contribution is 0.384. The summed E-state index contributed by atoms with van der Waals surface area (Å²) in [5.74, 6) is 1.44. The lowest BCUT2D eigenvalue weighted by Gasteiger charge is -1.99. The summed E-state index contributed by atoms with van der Waals surface area (Å²) in [6, 6.07) is 7.85. The molecule has 0 amide bonds. The minimum Gasteiger partial charge on any atom is -0.497 e. The van der Waals surface area contributed by atoms with Gasteiger partial charge in [0.25, 0.3) is 0 Å². The molecule has 1 aromatic carbocycles. The van der Waals surface area contributed by atoms with E-state index >= 15 is 0 Å². The zero-order chi connectivity index (χ0) is 12.3. The average molecular weight is 218 g/mol. The Kier molecular flexibility index (Phi) is 2.86. The molecular weight excluding hydrogens is 202 g/mol. The van der Waals surface area contributed by atoms with E-state index in [-0.39, 0.29) is 0 Å². The minimum atomic E-state index is 0.386. The third kappa shape index (κ3) is 2.24. The normalized spacial score (nSPS) is 11.2. The number of benzene rings is 1. The van der Waals surface area contributed by atoms with E-state index in [2.05, 4.69) is 12.1 Å². The van der Waals surface area contributed by atoms with Gasteiger partial charge in [-0.25, -0.2) is 0 Å². The van der Waals surface area contributed by atoms with Crippen LogP contribution in [0.1, 0.15) is 20.5 Å². The molecule has 2 rings (SSSR count). The van der Waals surface area contributed by atoms with Gasteiger partial charge in [-0.15, -0.1) is 0 Å². The molecule has 0 fully saturated rings. The van der Waals surface area contributed by atoms with Crippen LogP contribution in [0.25, 0.3) is 11.3 Å². The Morgan fingerprint density at radius 3 is 2.75 bits per heavy atom. The largest absolute Gasteiger partial charge is 0.497 e. The molecule has 0 spiro atoms. The van der Waals surface area contributed by atoms with Gasteiger partial charge in [0.15, 0.2) is 0 Å². The second kappa shape index (κ2) is 4.84. The summed E-state index contributed by atoms with van der Waals surface area (Å²) in [4.78, 5) is 0. The Balaban J connectivity index is 2.32. The van der Waals surface area contributed by atoms with Crippen molar-refractivity contribution in [3.8, 4) is 17.0 Å². The van der Waals surface area contributed by atoms with Gasteiger partial charge >= 0.3 is 0 Å². The first-order valence-electron chi connectivity index (χ1n) is 5.85. The van der Waals surface area contributed by atoms with Crippen molar-refractivity contribution in [2.45, 2.75) is 19.8 Å². The molecule has 2 aromatic rings. The number of rotatable bonds is 4. The Morgan fingerprint density at radius 1 is 1.38 bits per heavy atom. The maximum Gasteiger partial charge on any atom is 0.137 e. The topological polar surface area (TPSA) is 35.3 Å². The van der Waals surface area contributed by atoms with Gasteiger partial charge in [0.2, 0.25) is 0 Å². The fraction of sp³-hybridized carbons (Fsp3) is 0.308. The van der Waals surface area contributed by atoms with Crippen molar-refractivity contribution in [2.24, 2.45) is 0 Å². The number of nitrogens with zero attached hydrogens (tertiary/aromatic N) is 1. The van der Waals surface area contributed by atoms with E-state index < -0.39 is 0 Å². The number of hydrogen-bond donors (Lipinski definition) is 0. The summed E-state index contributed by atoms with van der Waals surface area (Å²) < 4.78 is 18.2. The van der Waals surface area contributed by atoms with Gasteiger partial charge in [-0.2, -0.15) is 0 Å². The average Bonchev–Trinajstić information content (AvgIpc) is 2.72. The zero-order valence-electron chi connectivity index (χ0n) is 10.5. The molecule has 3 heteroatoms. The lowest BCUT2D eigenvalue weighted by atomic mass is 10.1. The molecule has 1 heterocycles. The molecule has 1 aromatic heterocycles. The molecule has 0 saturated heterocycles. The number of methoxy groups -OCH3 is 1. The highest BCUT2D eigenvalue weighted by Gasteiger charge is 2.05. The van der Waals surface area contributed by atoms with Gasteiger partial charge in [-0.3, -0.25) is 0 Å². The van der Waals surface area contributed by atoms with Gasteiger partial charge in [0.05, 0.1) is 8.48 Å². The predicted molar refractivity (Wildman–Crippen MR) is 62.5 cm³/mol. The highest BCUT2D eigenvalue weighted by Crippen LogP contribution is 2.22. The van der Waals surface area contributed by atoms with Crippen molar-refractivity contribution in [3.63, 3.8) is 0 Å². The van der Waals surface area contributed by atoms with Gasteiger partial charge in [-0.1, -0.05) is 12.1 Å². The second-order valence-corrected chi connectivity index (χ2v) is 3.56. The first-order valence-corrected chi connectivity index (χ1v) is 5.35. The van der Waals surface area contributed by atoms with Gasteiger partial charge in [0.1, 0.15) is 17.2 Å². The van der Waals surface area contributed by atoms with Crippen molar-refractivity contribution in [2.75, 3.05) is 7.11 Å². The van der Waals surface area contributed by atoms with Crippen LogP contribution in [0.2, 0.25) is 0 Å². The SMILES string of the molecule is [2H]c1c(-c2ccc(OC)cc2)noc1CCC. The Hall–Kier alpha value is -1.77. The van der Waals surface area contributed by atoms with Gasteiger partial charge in [-0.05, 0) is 30.7 Å². The summed E-state index contributed by atoms with van der Waals surface area (Å²) in [6.07, 6.45) is 1.70. The van der Waals surface area contributed by atoms with Crippen LogP contribution in [0.15, 0.2) is 34.8 Å². The maximum atomic E-state index is 7.98. The molecule has 0 N–H and O–H groups in total. The molecule has 3 nitrogen and oxygen atoms in total. The Bertz CT molecular complexity index is 491. The van der Waals surface area contributed by atoms with Crippen LogP contribution in [-0.4, -0.2) is 12.3 Å². The first-order chi connectivity index (χ1) is 8.26. The van der Waals surface area contributed by atoms with E-state index in [1.54, 1.807) is 7.11 Å². The predicted octanol–water partition coefficient (Wildman–Crippen LogP) is 3.30. The van der Waals surface area contributed by atoms with Crippen LogP contribution >= 0.6 is 0 Å². The summed E-state index contributed by atoms with van der Waals surface area (Å²) >= 11 is 0. The first kappa shape index (κ1) is 9.46. The highest BCUT2D eigenvalue weighted by atomic mass is 16.5. The van der Waals surface area contributed by atoms with Crippen LogP contribution in [0.3, 0.4) is 0 Å². The smallest absolute Gasteiger partial charge is 0.137 e. The monoisotopic (exact) mass is 218 g/mol. The standard InChI is InChI=1S/C13H15NO2/c1-3-4-12-9-13(14-16-12)10-5-7-11(15-2)8-6-10/h5-9H,3-4H2,1-2H3/i9D. The summed E-state index contributed by atoms with van der Waals surface area (Å²) in [5.41, 5.74) is 1.47. The van der Waals surface area contributed by atoms with Gasteiger partial charge in [0, 0.05) is 18.0 Å². The van der Waals surface area contributed by atoms with Crippen molar-refractivity contribution < 1.29 is 10.6 Å². The molecule has 16 heavy (non-hydrogen) atoms. The third-order valence-electron chi connectivity index (χ3n) is 2.35. The van der Waals surface area contributed by atoms with E-state index in [1.165, 1.54) is 0 Å². The maximum absolute atomic E-state index is 7.98. The van der Waals surface area contributed by atoms with E-state index in [1.807, 2.05) is 24.3 Å². The van der Waals surface area contributed by atoms with E-state index in [0.29, 0.717) is 17.5 Å². The van der Waals surface area contributed by atoms with E-state index in [9.17, 15) is 0 Å². The third-order valence-corrected chi connectivity index (χ3v) is 2.35. The quantitative estimate of drug-likeness (QED) is 0.789. The van der Waals surface area contributed by atoms with Gasteiger partial charge < -0.3 is 9.26 Å². The molecule has 0 aliphatic heterocycles. The second-order valence-electron chi connectivity index (χ2n) is 3.56. The molecule has 0 unspecified atom stereocenters. The van der Waals surface area contributed by atoms with E-state index in [0.717, 1.165) is 24.2 Å². The highest BCUT2D eigenvalue weighted by molar-refractivity contribution is 5.59. The minimum absolute atomic E-state index is 0.386. The number of hydrogen-bond acceptors (Lipinski definition) is 3. The van der Waals surface area contributed by atoms with Crippen molar-refractivity contribution >= 4 is 0 Å². The van der Waals surface area contributed by atoms with Crippen LogP contribution in [0.5, 0.6) is 5.75 Å². The molecule has 0 aliphatic rings. The molecule has 0 saturated carbocycles.